The molecule has 0 spiro atoms. The van der Waals surface area contributed by atoms with Gasteiger partial charge in [-0.05, 0) is 42.3 Å². The van der Waals surface area contributed by atoms with Gasteiger partial charge in [0.1, 0.15) is 5.75 Å². The van der Waals surface area contributed by atoms with E-state index in [0.717, 1.165) is 0 Å². The summed E-state index contributed by atoms with van der Waals surface area (Å²) in [5.74, 6) is 0.387. The number of methoxy groups -OCH3 is 1. The Kier molecular flexibility index (Phi) is 6.56. The van der Waals surface area contributed by atoms with Gasteiger partial charge in [0, 0.05) is 5.56 Å². The van der Waals surface area contributed by atoms with Crippen molar-refractivity contribution >= 4 is 23.3 Å². The summed E-state index contributed by atoms with van der Waals surface area (Å²) in [5.41, 5.74) is 0.940. The molecule has 30 heavy (non-hydrogen) atoms. The summed E-state index contributed by atoms with van der Waals surface area (Å²) >= 11 is 0. The molecule has 0 unspecified atom stereocenters. The SMILES string of the molecule is COc1cc(C(=O)OCC(=O)c2ccc3c(c2)NC(=O)CO3)ccc1OCC(C)C. The van der Waals surface area contributed by atoms with E-state index in [1.807, 2.05) is 13.8 Å². The lowest BCUT2D eigenvalue weighted by atomic mass is 10.1. The van der Waals surface area contributed by atoms with E-state index in [1.54, 1.807) is 24.3 Å². The fraction of sp³-hybridized carbons (Fsp3) is 0.318. The predicted molar refractivity (Wildman–Crippen MR) is 109 cm³/mol. The molecule has 3 rings (SSSR count). The van der Waals surface area contributed by atoms with E-state index >= 15 is 0 Å². The molecule has 0 saturated carbocycles. The fourth-order valence-corrected chi connectivity index (χ4v) is 2.72. The van der Waals surface area contributed by atoms with Crippen molar-refractivity contribution in [3.63, 3.8) is 0 Å². The van der Waals surface area contributed by atoms with E-state index in [0.29, 0.717) is 41.0 Å². The molecule has 0 radical (unpaired) electrons. The Balaban J connectivity index is 1.63. The van der Waals surface area contributed by atoms with E-state index in [4.69, 9.17) is 18.9 Å². The number of hydrogen-bond donors (Lipinski definition) is 1. The quantitative estimate of drug-likeness (QED) is 0.524. The minimum atomic E-state index is -0.661. The normalized spacial score (nSPS) is 12.5. The van der Waals surface area contributed by atoms with Crippen molar-refractivity contribution < 1.29 is 33.3 Å². The van der Waals surface area contributed by atoms with Crippen LogP contribution < -0.4 is 19.5 Å². The third-order valence-electron chi connectivity index (χ3n) is 4.24. The molecule has 1 amide bonds. The predicted octanol–water partition coefficient (Wildman–Crippen LogP) is 3.10. The number of hydrogen-bond acceptors (Lipinski definition) is 7. The summed E-state index contributed by atoms with van der Waals surface area (Å²) in [5, 5.41) is 2.63. The van der Waals surface area contributed by atoms with E-state index in [2.05, 4.69) is 5.32 Å². The third-order valence-corrected chi connectivity index (χ3v) is 4.24. The summed E-state index contributed by atoms with van der Waals surface area (Å²) in [6.45, 7) is 4.06. The maximum Gasteiger partial charge on any atom is 0.338 e. The number of amides is 1. The average Bonchev–Trinajstić information content (AvgIpc) is 2.74. The number of esters is 1. The van der Waals surface area contributed by atoms with Crippen LogP contribution in [-0.4, -0.2) is 44.6 Å². The van der Waals surface area contributed by atoms with Crippen molar-refractivity contribution in [1.82, 2.24) is 0 Å². The molecule has 2 aromatic carbocycles. The molecule has 0 aromatic heterocycles. The second-order valence-corrected chi connectivity index (χ2v) is 7.12. The molecule has 1 heterocycles. The molecule has 1 N–H and O–H groups in total. The molecule has 8 nitrogen and oxygen atoms in total. The zero-order valence-corrected chi connectivity index (χ0v) is 17.0. The van der Waals surface area contributed by atoms with Gasteiger partial charge in [-0.2, -0.15) is 0 Å². The van der Waals surface area contributed by atoms with E-state index in [1.165, 1.54) is 19.2 Å². The van der Waals surface area contributed by atoms with Crippen LogP contribution in [0.4, 0.5) is 5.69 Å². The molecular formula is C22H23NO7. The van der Waals surface area contributed by atoms with Gasteiger partial charge in [-0.1, -0.05) is 13.8 Å². The maximum absolute atomic E-state index is 12.4. The number of Topliss-reactive ketones (excluding diaryl/α,β-unsaturated/α-hetero) is 1. The monoisotopic (exact) mass is 413 g/mol. The van der Waals surface area contributed by atoms with Gasteiger partial charge >= 0.3 is 5.97 Å². The Morgan fingerprint density at radius 3 is 2.60 bits per heavy atom. The van der Waals surface area contributed by atoms with Crippen LogP contribution in [0.15, 0.2) is 36.4 Å². The highest BCUT2D eigenvalue weighted by Crippen LogP contribution is 2.30. The second-order valence-electron chi connectivity index (χ2n) is 7.12. The topological polar surface area (TPSA) is 100 Å². The van der Waals surface area contributed by atoms with Crippen LogP contribution in [0, 0.1) is 5.92 Å². The van der Waals surface area contributed by atoms with E-state index in [-0.39, 0.29) is 18.1 Å². The van der Waals surface area contributed by atoms with Gasteiger partial charge < -0.3 is 24.3 Å². The molecule has 0 atom stereocenters. The Bertz CT molecular complexity index is 968. The van der Waals surface area contributed by atoms with Crippen LogP contribution in [0.3, 0.4) is 0 Å². The average molecular weight is 413 g/mol. The van der Waals surface area contributed by atoms with Crippen molar-refractivity contribution in [2.24, 2.45) is 5.92 Å². The summed E-state index contributed by atoms with van der Waals surface area (Å²) in [6, 6.07) is 9.32. The van der Waals surface area contributed by atoms with Gasteiger partial charge in [0.15, 0.2) is 30.5 Å². The number of ketones is 1. The minimum absolute atomic E-state index is 0.0668. The van der Waals surface area contributed by atoms with Crippen molar-refractivity contribution in [1.29, 1.82) is 0 Å². The van der Waals surface area contributed by atoms with Crippen molar-refractivity contribution in [3.8, 4) is 17.2 Å². The summed E-state index contributed by atoms with van der Waals surface area (Å²) < 4.78 is 21.3. The Labute approximate surface area is 174 Å². The van der Waals surface area contributed by atoms with E-state index in [9.17, 15) is 14.4 Å². The van der Waals surface area contributed by atoms with Crippen LogP contribution in [0.25, 0.3) is 0 Å². The summed E-state index contributed by atoms with van der Waals surface area (Å²) in [4.78, 5) is 36.2. The van der Waals surface area contributed by atoms with Gasteiger partial charge in [-0.3, -0.25) is 9.59 Å². The van der Waals surface area contributed by atoms with Crippen molar-refractivity contribution in [2.75, 3.05) is 32.2 Å². The molecule has 8 heteroatoms. The number of ether oxygens (including phenoxy) is 4. The molecule has 1 aliphatic rings. The first-order chi connectivity index (χ1) is 14.4. The highest BCUT2D eigenvalue weighted by Gasteiger charge is 2.19. The summed E-state index contributed by atoms with van der Waals surface area (Å²) in [6.07, 6.45) is 0. The second kappa shape index (κ2) is 9.30. The number of fused-ring (bicyclic) bond motifs is 1. The van der Waals surface area contributed by atoms with Gasteiger partial charge in [0.2, 0.25) is 0 Å². The molecule has 0 saturated heterocycles. The lowest BCUT2D eigenvalue weighted by molar-refractivity contribution is -0.118. The molecule has 158 valence electrons. The first kappa shape index (κ1) is 21.2. The molecule has 0 fully saturated rings. The Hall–Kier alpha value is -3.55. The van der Waals surface area contributed by atoms with Gasteiger partial charge in [-0.25, -0.2) is 4.79 Å². The third kappa shape index (κ3) is 5.08. The largest absolute Gasteiger partial charge is 0.493 e. The number of benzene rings is 2. The fourth-order valence-electron chi connectivity index (χ4n) is 2.72. The zero-order valence-electron chi connectivity index (χ0n) is 17.0. The van der Waals surface area contributed by atoms with Crippen molar-refractivity contribution in [2.45, 2.75) is 13.8 Å². The number of rotatable bonds is 8. The molecule has 2 aromatic rings. The van der Waals surface area contributed by atoms with Crippen molar-refractivity contribution in [3.05, 3.63) is 47.5 Å². The molecule has 0 aliphatic carbocycles. The number of anilines is 1. The van der Waals surface area contributed by atoms with Crippen LogP contribution in [-0.2, 0) is 9.53 Å². The minimum Gasteiger partial charge on any atom is -0.493 e. The highest BCUT2D eigenvalue weighted by atomic mass is 16.5. The van der Waals surface area contributed by atoms with Gasteiger partial charge in [-0.15, -0.1) is 0 Å². The van der Waals surface area contributed by atoms with Crippen LogP contribution >= 0.6 is 0 Å². The lowest BCUT2D eigenvalue weighted by Gasteiger charge is -2.18. The lowest BCUT2D eigenvalue weighted by Crippen LogP contribution is -2.25. The first-order valence-electron chi connectivity index (χ1n) is 9.45. The standard InChI is InChI=1S/C22H23NO7/c1-13(2)10-28-19-7-5-15(9-20(19)27-3)22(26)30-11-17(24)14-4-6-18-16(8-14)23-21(25)12-29-18/h4-9,13H,10-12H2,1-3H3,(H,23,25). The van der Waals surface area contributed by atoms with Crippen LogP contribution in [0.5, 0.6) is 17.2 Å². The number of nitrogens with one attached hydrogen (secondary N) is 1. The van der Waals surface area contributed by atoms with Gasteiger partial charge in [0.05, 0.1) is 25.0 Å². The number of carbonyl (C=O) groups is 3. The van der Waals surface area contributed by atoms with Gasteiger partial charge in [0.25, 0.3) is 5.91 Å². The Morgan fingerprint density at radius 2 is 1.87 bits per heavy atom. The number of carbonyl (C=O) groups excluding carboxylic acids is 3. The molecule has 1 aliphatic heterocycles. The van der Waals surface area contributed by atoms with Crippen LogP contribution in [0.2, 0.25) is 0 Å². The molecular weight excluding hydrogens is 390 g/mol. The molecule has 0 bridgehead atoms. The zero-order chi connectivity index (χ0) is 21.7. The Morgan fingerprint density at radius 1 is 1.10 bits per heavy atom. The highest BCUT2D eigenvalue weighted by molar-refractivity contribution is 6.02. The first-order valence-corrected chi connectivity index (χ1v) is 9.45. The maximum atomic E-state index is 12.4. The summed E-state index contributed by atoms with van der Waals surface area (Å²) in [7, 11) is 1.48. The van der Waals surface area contributed by atoms with E-state index < -0.39 is 18.4 Å². The smallest absolute Gasteiger partial charge is 0.338 e. The van der Waals surface area contributed by atoms with Crippen LogP contribution in [0.1, 0.15) is 34.6 Å².